The molecule has 1 aromatic rings. The molecule has 94 valence electrons. The molecule has 1 N–H and O–H groups in total. The predicted octanol–water partition coefficient (Wildman–Crippen LogP) is 3.17. The highest BCUT2D eigenvalue weighted by Crippen LogP contribution is 2.36. The van der Waals surface area contributed by atoms with Crippen molar-refractivity contribution in [3.05, 3.63) is 29.3 Å². The quantitative estimate of drug-likeness (QED) is 0.884. The molecule has 3 heteroatoms. The van der Waals surface area contributed by atoms with Gasteiger partial charge in [-0.2, -0.15) is 0 Å². The minimum absolute atomic E-state index is 0.125. The Morgan fingerprint density at radius 1 is 1.53 bits per heavy atom. The maximum atomic E-state index is 13.5. The number of thioether (sulfide) groups is 1. The third-order valence-corrected chi connectivity index (χ3v) is 5.13. The fourth-order valence-electron chi connectivity index (χ4n) is 2.30. The summed E-state index contributed by atoms with van der Waals surface area (Å²) in [5.74, 6) is 1.16. The van der Waals surface area contributed by atoms with Gasteiger partial charge in [0.25, 0.3) is 0 Å². The summed E-state index contributed by atoms with van der Waals surface area (Å²) in [6, 6.07) is 6.56. The average Bonchev–Trinajstić information content (AvgIpc) is 2.83. The van der Waals surface area contributed by atoms with E-state index in [4.69, 9.17) is 0 Å². The molecule has 1 aliphatic rings. The molecular weight excluding hydrogens is 233 g/mol. The summed E-state index contributed by atoms with van der Waals surface area (Å²) in [4.78, 5) is 1.37. The van der Waals surface area contributed by atoms with Crippen LogP contribution in [0.3, 0.4) is 0 Å². The molecule has 1 nitrogen and oxygen atoms in total. The third kappa shape index (κ3) is 2.23. The first-order valence-corrected chi connectivity index (χ1v) is 7.10. The fourth-order valence-corrected chi connectivity index (χ4v) is 3.36. The van der Waals surface area contributed by atoms with Crippen LogP contribution in [-0.2, 0) is 11.8 Å². The zero-order valence-electron chi connectivity index (χ0n) is 10.7. The molecule has 0 radical (unpaired) electrons. The van der Waals surface area contributed by atoms with Gasteiger partial charge >= 0.3 is 0 Å². The molecule has 1 aliphatic heterocycles. The first kappa shape index (κ1) is 12.9. The van der Waals surface area contributed by atoms with Crippen molar-refractivity contribution in [1.29, 1.82) is 0 Å². The molecule has 0 bridgehead atoms. The zero-order valence-corrected chi connectivity index (χ0v) is 11.5. The maximum Gasteiger partial charge on any atom is 0.100 e. The Morgan fingerprint density at radius 3 is 2.94 bits per heavy atom. The highest BCUT2D eigenvalue weighted by Gasteiger charge is 2.33. The normalized spacial score (nSPS) is 19.8. The number of likely N-dealkylation sites (N-methyl/N-ethyl adjacent to an activating group) is 1. The van der Waals surface area contributed by atoms with E-state index in [1.165, 1.54) is 10.5 Å². The Labute approximate surface area is 107 Å². The molecule has 2 unspecified atom stereocenters. The number of benzene rings is 1. The Hall–Kier alpha value is -0.540. The van der Waals surface area contributed by atoms with E-state index in [0.29, 0.717) is 0 Å². The first-order valence-electron chi connectivity index (χ1n) is 6.11. The van der Waals surface area contributed by atoms with Crippen molar-refractivity contribution in [3.8, 4) is 0 Å². The van der Waals surface area contributed by atoms with E-state index in [9.17, 15) is 4.39 Å². The molecule has 0 fully saturated rings. The number of aryl methyl sites for hydroxylation is 1. The Balaban J connectivity index is 2.37. The van der Waals surface area contributed by atoms with E-state index in [1.54, 1.807) is 0 Å². The molecule has 0 spiro atoms. The second kappa shape index (κ2) is 4.99. The van der Waals surface area contributed by atoms with Crippen LogP contribution >= 0.6 is 11.8 Å². The van der Waals surface area contributed by atoms with Crippen molar-refractivity contribution in [1.82, 2.24) is 5.32 Å². The Kier molecular flexibility index (Phi) is 3.79. The molecule has 2 atom stereocenters. The summed E-state index contributed by atoms with van der Waals surface area (Å²) >= 11 is 1.90. The van der Waals surface area contributed by atoms with Gasteiger partial charge in [0.2, 0.25) is 0 Å². The highest BCUT2D eigenvalue weighted by atomic mass is 32.2. The lowest BCUT2D eigenvalue weighted by Gasteiger charge is -2.33. The topological polar surface area (TPSA) is 12.0 Å². The molecule has 17 heavy (non-hydrogen) atoms. The summed E-state index contributed by atoms with van der Waals surface area (Å²) in [7, 11) is 1.89. The summed E-state index contributed by atoms with van der Waals surface area (Å²) in [5, 5.41) is 3.18. The number of rotatable bonds is 4. The van der Waals surface area contributed by atoms with Crippen LogP contribution in [0.2, 0.25) is 0 Å². The van der Waals surface area contributed by atoms with E-state index in [0.717, 1.165) is 17.7 Å². The second-order valence-corrected chi connectivity index (χ2v) is 6.12. The van der Waals surface area contributed by atoms with Gasteiger partial charge in [-0.1, -0.05) is 19.1 Å². The second-order valence-electron chi connectivity index (χ2n) is 4.98. The van der Waals surface area contributed by atoms with Crippen LogP contribution in [-0.4, -0.2) is 25.5 Å². The van der Waals surface area contributed by atoms with Gasteiger partial charge in [0, 0.05) is 22.1 Å². The number of hydrogen-bond donors (Lipinski definition) is 1. The smallest absolute Gasteiger partial charge is 0.100 e. The lowest BCUT2D eigenvalue weighted by atomic mass is 9.77. The van der Waals surface area contributed by atoms with Gasteiger partial charge in [-0.05, 0) is 37.6 Å². The highest BCUT2D eigenvalue weighted by molar-refractivity contribution is 7.99. The van der Waals surface area contributed by atoms with Crippen LogP contribution in [0.1, 0.15) is 25.0 Å². The number of fused-ring (bicyclic) bond motifs is 1. The van der Waals surface area contributed by atoms with Gasteiger partial charge in [0.15, 0.2) is 0 Å². The number of hydrogen-bond acceptors (Lipinski definition) is 2. The average molecular weight is 253 g/mol. The molecule has 1 aromatic carbocycles. The van der Waals surface area contributed by atoms with Crippen LogP contribution < -0.4 is 5.32 Å². The molecule has 0 saturated carbocycles. The Bertz CT molecular complexity index is 407. The summed E-state index contributed by atoms with van der Waals surface area (Å²) in [6.45, 7) is 3.71. The molecule has 0 aromatic heterocycles. The fraction of sp³-hybridized carbons (Fsp3) is 0.571. The largest absolute Gasteiger partial charge is 0.316 e. The standard InChI is InChI=1S/C14H20FNS/c1-10(16-3)14(2,9-15)12-4-5-13-11(8-12)6-7-17-13/h4-5,8,10,16H,6-7,9H2,1-3H3. The van der Waals surface area contributed by atoms with Gasteiger partial charge in [-0.25, -0.2) is 0 Å². The van der Waals surface area contributed by atoms with E-state index >= 15 is 0 Å². The molecular formula is C14H20FNS. The summed E-state index contributed by atoms with van der Waals surface area (Å²) in [5.41, 5.74) is 2.07. The first-order chi connectivity index (χ1) is 8.11. The van der Waals surface area contributed by atoms with E-state index in [-0.39, 0.29) is 12.7 Å². The van der Waals surface area contributed by atoms with E-state index < -0.39 is 5.41 Å². The summed E-state index contributed by atoms with van der Waals surface area (Å²) < 4.78 is 13.5. The molecule has 1 heterocycles. The van der Waals surface area contributed by atoms with Crippen LogP contribution in [0, 0.1) is 0 Å². The molecule has 0 aliphatic carbocycles. The van der Waals surface area contributed by atoms with Gasteiger partial charge in [-0.15, -0.1) is 11.8 Å². The number of nitrogens with one attached hydrogen (secondary N) is 1. The zero-order chi connectivity index (χ0) is 12.5. The van der Waals surface area contributed by atoms with Gasteiger partial charge < -0.3 is 5.32 Å². The van der Waals surface area contributed by atoms with Crippen molar-refractivity contribution in [2.75, 3.05) is 19.5 Å². The van der Waals surface area contributed by atoms with Gasteiger partial charge in [0.1, 0.15) is 6.67 Å². The third-order valence-electron chi connectivity index (χ3n) is 4.02. The number of halogens is 1. The number of alkyl halides is 1. The van der Waals surface area contributed by atoms with Crippen molar-refractivity contribution in [3.63, 3.8) is 0 Å². The van der Waals surface area contributed by atoms with Crippen LogP contribution in [0.25, 0.3) is 0 Å². The Morgan fingerprint density at radius 2 is 2.29 bits per heavy atom. The molecule has 2 rings (SSSR count). The summed E-state index contributed by atoms with van der Waals surface area (Å²) in [6.07, 6.45) is 1.12. The van der Waals surface area contributed by atoms with E-state index in [1.807, 2.05) is 32.7 Å². The lowest BCUT2D eigenvalue weighted by Crippen LogP contribution is -2.44. The monoisotopic (exact) mass is 253 g/mol. The minimum Gasteiger partial charge on any atom is -0.316 e. The van der Waals surface area contributed by atoms with Crippen molar-refractivity contribution in [2.24, 2.45) is 0 Å². The van der Waals surface area contributed by atoms with Crippen molar-refractivity contribution < 1.29 is 4.39 Å². The van der Waals surface area contributed by atoms with Crippen LogP contribution in [0.4, 0.5) is 4.39 Å². The van der Waals surface area contributed by atoms with Gasteiger partial charge in [0.05, 0.1) is 0 Å². The van der Waals surface area contributed by atoms with Crippen LogP contribution in [0.15, 0.2) is 23.1 Å². The van der Waals surface area contributed by atoms with E-state index in [2.05, 4.69) is 23.5 Å². The predicted molar refractivity (Wildman–Crippen MR) is 72.7 cm³/mol. The van der Waals surface area contributed by atoms with Gasteiger partial charge in [-0.3, -0.25) is 4.39 Å². The lowest BCUT2D eigenvalue weighted by molar-refractivity contribution is 0.265. The minimum atomic E-state index is -0.433. The van der Waals surface area contributed by atoms with Crippen molar-refractivity contribution in [2.45, 2.75) is 36.6 Å². The molecule has 0 saturated heterocycles. The van der Waals surface area contributed by atoms with Crippen molar-refractivity contribution >= 4 is 11.8 Å². The maximum absolute atomic E-state index is 13.5. The SMILES string of the molecule is CNC(C)C(C)(CF)c1ccc2c(c1)CCS2. The molecule has 0 amide bonds. The van der Waals surface area contributed by atoms with Crippen LogP contribution in [0.5, 0.6) is 0 Å².